The van der Waals surface area contributed by atoms with Crippen LogP contribution in [-0.4, -0.2) is 337 Å². The molecule has 4 heterocycles. The number of rotatable bonds is 72. The highest BCUT2D eigenvalue weighted by molar-refractivity contribution is 7.45. The van der Waals surface area contributed by atoms with Gasteiger partial charge in [-0.3, -0.25) is 57.3 Å². The highest BCUT2D eigenvalue weighted by atomic mass is 31.2. The number of β-amino-alcohol motifs (C(OH)–C–C–N with tert-alkyl or cyclic N) is 1. The van der Waals surface area contributed by atoms with Gasteiger partial charge in [0.25, 0.3) is 7.82 Å². The Bertz CT molecular complexity index is 2960. The predicted octanol–water partition coefficient (Wildman–Crippen LogP) is 0.338. The summed E-state index contributed by atoms with van der Waals surface area (Å²) >= 11 is 0. The molecule has 40 nitrogen and oxygen atoms in total. The van der Waals surface area contributed by atoms with Gasteiger partial charge in [0.05, 0.1) is 78.2 Å². The second-order valence-corrected chi connectivity index (χ2v) is 34.6. The molecule has 41 heteroatoms. The van der Waals surface area contributed by atoms with Gasteiger partial charge in [-0.15, -0.1) is 0 Å². The summed E-state index contributed by atoms with van der Waals surface area (Å²) in [5.41, 5.74) is -1.16. The number of nitrogens with zero attached hydrogens (tertiary/aromatic N) is 1. The van der Waals surface area contributed by atoms with E-state index in [4.69, 9.17) is 47.2 Å². The number of likely N-dealkylation sites (tertiary alicyclic amines) is 1. The molecular formula is C84H146N6O34P-. The minimum Gasteiger partial charge on any atom is -0.756 e. The van der Waals surface area contributed by atoms with E-state index in [0.717, 1.165) is 45.6 Å². The number of carbonyl (C=O) groups is 11. The quantitative estimate of drug-likeness (QED) is 0.0288. The van der Waals surface area contributed by atoms with Crippen LogP contribution in [0.25, 0.3) is 0 Å². The lowest BCUT2D eigenvalue weighted by molar-refractivity contribution is -0.270. The number of aliphatic hydroxyl groups excluding tert-OH is 10. The molecule has 125 heavy (non-hydrogen) atoms. The molecule has 0 aromatic rings. The molecule has 7 unspecified atom stereocenters. The number of carbonyl (C=O) groups excluding carboxylic acids is 11. The fraction of sp³-hybridized carbons (Fsp3) is 0.869. The minimum absolute atomic E-state index is 0.0197. The van der Waals surface area contributed by atoms with Crippen LogP contribution in [0.15, 0.2) is 0 Å². The van der Waals surface area contributed by atoms with Gasteiger partial charge in [-0.1, -0.05) is 51.4 Å². The molecule has 4 saturated heterocycles. The van der Waals surface area contributed by atoms with Crippen LogP contribution >= 0.6 is 7.82 Å². The molecule has 6 amide bonds. The maximum absolute atomic E-state index is 14.2. The fourth-order valence-electron chi connectivity index (χ4n) is 15.1. The van der Waals surface area contributed by atoms with Gasteiger partial charge in [-0.2, -0.15) is 0 Å². The number of amides is 6. The highest BCUT2D eigenvalue weighted by Crippen LogP contribution is 2.38. The third-order valence-electron chi connectivity index (χ3n) is 22.2. The molecule has 18 atom stereocenters. The Balaban J connectivity index is 1.31. The first-order valence-electron chi connectivity index (χ1n) is 44.6. The Morgan fingerprint density at radius 3 is 1.10 bits per heavy atom. The molecule has 4 fully saturated rings. The molecule has 0 aliphatic carbocycles. The number of phosphoric ester groups is 1. The van der Waals surface area contributed by atoms with Crippen LogP contribution in [0.4, 0.5) is 0 Å². The molecule has 0 aromatic carbocycles. The molecule has 0 aromatic heterocycles. The van der Waals surface area contributed by atoms with Crippen molar-refractivity contribution in [2.75, 3.05) is 113 Å². The highest BCUT2D eigenvalue weighted by Gasteiger charge is 2.48. The lowest BCUT2D eigenvalue weighted by Gasteiger charge is -2.42. The van der Waals surface area contributed by atoms with Gasteiger partial charge >= 0.3 is 0 Å². The molecule has 0 bridgehead atoms. The first-order valence-corrected chi connectivity index (χ1v) is 46.1. The van der Waals surface area contributed by atoms with E-state index in [9.17, 15) is 113 Å². The summed E-state index contributed by atoms with van der Waals surface area (Å²) in [5.74, 6) is -2.51. The smallest absolute Gasteiger partial charge is 0.267 e. The first-order chi connectivity index (χ1) is 59.8. The van der Waals surface area contributed by atoms with Crippen molar-refractivity contribution in [1.82, 2.24) is 31.5 Å². The van der Waals surface area contributed by atoms with Crippen molar-refractivity contribution >= 4 is 72.2 Å². The average Bonchev–Trinajstić information content (AvgIpc) is 1.57. The van der Waals surface area contributed by atoms with Crippen molar-refractivity contribution in [3.63, 3.8) is 0 Å². The van der Waals surface area contributed by atoms with Gasteiger partial charge in [0.15, 0.2) is 18.9 Å². The third-order valence-corrected chi connectivity index (χ3v) is 23.1. The SMILES string of the molecule is COP(=O)([O-])OC[C@@H]1C[C@@H](O)CN1C(=O)CCCCCCCCCCC(=O)CC(COCCC(=O)CCCCCC(=O)CCCCO[C@@H]1OC(CO)[C@H](O)[C@H](O)C1NC(C)=O)(COCCC(=O)CCCCCC(=O)CCCCO[C@@H]1OC(CO)[C@H](O)[C@H](O)C1NC(C)=O)COCCC(=O)NCCCNC(=O)CCCCO[C@H]1OC(CO)[C@@H](O)[C@@H](O)C1NC(C)=O. The average molecular weight is 1820 g/mol. The summed E-state index contributed by atoms with van der Waals surface area (Å²) < 4.78 is 73.7. The molecule has 4 rings (SSSR count). The fourth-order valence-corrected chi connectivity index (χ4v) is 15.6. The van der Waals surface area contributed by atoms with Crippen LogP contribution in [0.5, 0.6) is 0 Å². The van der Waals surface area contributed by atoms with Crippen molar-refractivity contribution in [2.45, 2.75) is 350 Å². The third kappa shape index (κ3) is 45.8. The van der Waals surface area contributed by atoms with Crippen molar-refractivity contribution in [1.29, 1.82) is 0 Å². The summed E-state index contributed by atoms with van der Waals surface area (Å²) in [4.78, 5) is 154. The van der Waals surface area contributed by atoms with E-state index >= 15 is 0 Å². The van der Waals surface area contributed by atoms with Gasteiger partial charge in [0.2, 0.25) is 35.4 Å². The zero-order valence-corrected chi connectivity index (χ0v) is 74.4. The van der Waals surface area contributed by atoms with Crippen LogP contribution < -0.4 is 31.5 Å². The van der Waals surface area contributed by atoms with Crippen LogP contribution in [0.3, 0.4) is 0 Å². The maximum atomic E-state index is 14.2. The number of Topliss-reactive ketones (excluding diaryl/α,β-unsaturated/α-hetero) is 5. The number of aliphatic hydroxyl groups is 10. The lowest BCUT2D eigenvalue weighted by Crippen LogP contribution is -2.64. The van der Waals surface area contributed by atoms with Crippen LogP contribution in [-0.2, 0) is 109 Å². The lowest BCUT2D eigenvalue weighted by atomic mass is 9.83. The normalized spacial score (nSPS) is 25.4. The molecule has 722 valence electrons. The van der Waals surface area contributed by atoms with Gasteiger partial charge in [0, 0.05) is 156 Å². The first kappa shape index (κ1) is 112. The molecule has 0 saturated carbocycles. The number of hydrogen-bond donors (Lipinski definition) is 15. The van der Waals surface area contributed by atoms with Crippen molar-refractivity contribution in [3.8, 4) is 0 Å². The largest absolute Gasteiger partial charge is 0.756 e. The topological polar surface area (TPSA) is 595 Å². The summed E-state index contributed by atoms with van der Waals surface area (Å²) in [7, 11) is -3.55. The molecular weight excluding hydrogens is 1670 g/mol. The van der Waals surface area contributed by atoms with Crippen molar-refractivity contribution < 1.29 is 165 Å². The van der Waals surface area contributed by atoms with E-state index < -0.39 is 155 Å². The zero-order chi connectivity index (χ0) is 92.1. The standard InChI is InChI=1S/C84H147N6O34P/c1-56(94)87-72-78(109)75(106)66(49-91)122-81(72)118-40-22-19-30-60(97)26-14-11-16-28-62(99)35-43-115-53-84(47-64(101)32-13-9-7-5-6-8-10-18-34-71(105)90-48-65(102)46-59(90)52-121-125(112,113)114-4,54-116-44-36-63(100)29-17-12-15-27-61(98)31-20-23-41-119-82-73(88-57(2)95)79(110)76(107)67(50-92)123-82)55-117-45-37-70(104)86-39-25-38-85-69(103)33-21-24-42-120-83-74(89-58(3)96)80(111)77(108)68(51-93)124-83/h59,65-68,72-83,91-93,102,106-111H,5-55H2,1-4H3,(H,85,103)(H,86,104)(H,87,94)(H,88,95)(H,89,96)(H,112,113)/p-1/t59-,65+,66?,67?,68?,72?,73?,74?,75-,76-,77+,78+,79+,80-,81+,82+,83-,84?/m0/s1. The number of unbranched alkanes of at least 4 members (excludes halogenated alkanes) is 14. The molecule has 4 aliphatic rings. The Morgan fingerprint density at radius 2 is 0.728 bits per heavy atom. The monoisotopic (exact) mass is 1810 g/mol. The van der Waals surface area contributed by atoms with Gasteiger partial charge in [-0.05, 0) is 89.9 Å². The number of ketones is 5. The van der Waals surface area contributed by atoms with Gasteiger partial charge < -0.3 is 139 Å². The van der Waals surface area contributed by atoms with E-state index in [1.54, 1.807) is 0 Å². The number of hydrogen-bond acceptors (Lipinski definition) is 34. The van der Waals surface area contributed by atoms with E-state index in [1.165, 1.54) is 25.7 Å². The second-order valence-electron chi connectivity index (χ2n) is 33.1. The molecule has 4 aliphatic heterocycles. The van der Waals surface area contributed by atoms with E-state index in [1.807, 2.05) is 0 Å². The van der Waals surface area contributed by atoms with E-state index in [2.05, 4.69) is 31.1 Å². The predicted molar refractivity (Wildman–Crippen MR) is 444 cm³/mol. The molecule has 0 radical (unpaired) electrons. The van der Waals surface area contributed by atoms with Crippen LogP contribution in [0, 0.1) is 5.41 Å². The van der Waals surface area contributed by atoms with Crippen LogP contribution in [0.2, 0.25) is 0 Å². The van der Waals surface area contributed by atoms with Crippen molar-refractivity contribution in [3.05, 3.63) is 0 Å². The summed E-state index contributed by atoms with van der Waals surface area (Å²) in [6, 6.07) is -3.87. The Morgan fingerprint density at radius 1 is 0.408 bits per heavy atom. The Kier molecular flexibility index (Phi) is 56.8. The van der Waals surface area contributed by atoms with Gasteiger partial charge in [-0.25, -0.2) is 0 Å². The van der Waals surface area contributed by atoms with E-state index in [0.29, 0.717) is 109 Å². The van der Waals surface area contributed by atoms with Gasteiger partial charge in [0.1, 0.15) is 102 Å². The summed E-state index contributed by atoms with van der Waals surface area (Å²) in [5, 5.41) is 115. The zero-order valence-electron chi connectivity index (χ0n) is 73.5. The minimum atomic E-state index is -4.52. The Hall–Kier alpha value is -5.48. The summed E-state index contributed by atoms with van der Waals surface area (Å²) in [6.45, 7) is 1.99. The number of nitrogens with one attached hydrogen (secondary N) is 5. The van der Waals surface area contributed by atoms with Crippen molar-refractivity contribution in [2.24, 2.45) is 5.41 Å². The number of ether oxygens (including phenoxy) is 9. The van der Waals surface area contributed by atoms with E-state index in [-0.39, 0.29) is 209 Å². The van der Waals surface area contributed by atoms with Crippen LogP contribution in [0.1, 0.15) is 245 Å². The maximum Gasteiger partial charge on any atom is 0.267 e. The molecule has 15 N–H and O–H groups in total. The molecule has 0 spiro atoms. The second kappa shape index (κ2) is 63.5. The number of phosphoric acid groups is 1. The Labute approximate surface area is 733 Å². The summed E-state index contributed by atoms with van der Waals surface area (Å²) in [6.07, 6.45) is -1.66.